The molecule has 4 atom stereocenters. The second-order valence-electron chi connectivity index (χ2n) is 7.25. The van der Waals surface area contributed by atoms with Gasteiger partial charge in [0.15, 0.2) is 5.41 Å². The lowest BCUT2D eigenvalue weighted by molar-refractivity contribution is -0.284. The lowest BCUT2D eigenvalue weighted by atomic mass is 9.52. The van der Waals surface area contributed by atoms with Crippen LogP contribution in [0.5, 0.6) is 0 Å². The van der Waals surface area contributed by atoms with Crippen LogP contribution in [0.25, 0.3) is 0 Å². The zero-order valence-corrected chi connectivity index (χ0v) is 14.2. The second kappa shape index (κ2) is 5.56. The Hall–Kier alpha value is -2.88. The Bertz CT molecular complexity index is 864. The van der Waals surface area contributed by atoms with Gasteiger partial charge in [0.2, 0.25) is 17.1 Å². The van der Waals surface area contributed by atoms with Crippen molar-refractivity contribution in [3.8, 4) is 18.2 Å². The molecule has 6 heteroatoms. The van der Waals surface area contributed by atoms with Gasteiger partial charge >= 0.3 is 0 Å². The minimum absolute atomic E-state index is 0.298. The van der Waals surface area contributed by atoms with Crippen molar-refractivity contribution in [2.45, 2.75) is 44.0 Å². The normalized spacial score (nSPS) is 37.2. The van der Waals surface area contributed by atoms with E-state index in [1.807, 2.05) is 18.2 Å². The number of benzene rings is 1. The molecule has 3 fully saturated rings. The third-order valence-electron chi connectivity index (χ3n) is 6.17. The Labute approximate surface area is 152 Å². The van der Waals surface area contributed by atoms with Crippen molar-refractivity contribution >= 4 is 5.90 Å². The summed E-state index contributed by atoms with van der Waals surface area (Å²) in [6.07, 6.45) is 2.90. The van der Waals surface area contributed by atoms with Gasteiger partial charge in [0.25, 0.3) is 0 Å². The van der Waals surface area contributed by atoms with Crippen LogP contribution in [0.15, 0.2) is 30.3 Å². The number of hydrogen-bond donors (Lipinski definition) is 1. The summed E-state index contributed by atoms with van der Waals surface area (Å²) in [6.45, 7) is 0. The molecule has 6 nitrogen and oxygen atoms in total. The fourth-order valence-electron chi connectivity index (χ4n) is 4.97. The maximum Gasteiger partial charge on any atom is 0.217 e. The topological polar surface area (TPSA) is 114 Å². The zero-order valence-electron chi connectivity index (χ0n) is 14.2. The van der Waals surface area contributed by atoms with E-state index < -0.39 is 28.6 Å². The summed E-state index contributed by atoms with van der Waals surface area (Å²) in [4.78, 5) is 0. The van der Waals surface area contributed by atoms with Crippen molar-refractivity contribution in [2.24, 2.45) is 16.7 Å². The predicted molar refractivity (Wildman–Crippen MR) is 90.1 cm³/mol. The first-order chi connectivity index (χ1) is 12.6. The maximum absolute atomic E-state index is 10.2. The molecule has 0 spiro atoms. The number of nitriles is 3. The van der Waals surface area contributed by atoms with E-state index in [0.29, 0.717) is 18.4 Å². The highest BCUT2D eigenvalue weighted by molar-refractivity contribution is 5.89. The number of nitrogens with zero attached hydrogens (tertiary/aromatic N) is 3. The molecular weight excluding hydrogens is 328 g/mol. The molecule has 130 valence electrons. The van der Waals surface area contributed by atoms with Crippen molar-refractivity contribution in [3.63, 3.8) is 0 Å². The second-order valence-corrected chi connectivity index (χ2v) is 7.25. The van der Waals surface area contributed by atoms with Crippen LogP contribution in [0.3, 0.4) is 0 Å². The fraction of sp³-hybridized carbons (Fsp3) is 0.500. The average molecular weight is 346 g/mol. The summed E-state index contributed by atoms with van der Waals surface area (Å²) in [5.41, 5.74) is -2.81. The van der Waals surface area contributed by atoms with E-state index in [9.17, 15) is 15.8 Å². The highest BCUT2D eigenvalue weighted by atomic mass is 16.7. The lowest BCUT2D eigenvalue weighted by Gasteiger charge is -2.49. The van der Waals surface area contributed by atoms with Crippen LogP contribution in [0.4, 0.5) is 0 Å². The van der Waals surface area contributed by atoms with Crippen molar-refractivity contribution < 1.29 is 9.47 Å². The molecule has 2 aliphatic heterocycles. The molecular formula is C20H18N4O2. The van der Waals surface area contributed by atoms with Crippen molar-refractivity contribution in [2.75, 3.05) is 0 Å². The van der Waals surface area contributed by atoms with Crippen LogP contribution in [0.1, 0.15) is 43.8 Å². The summed E-state index contributed by atoms with van der Waals surface area (Å²) in [5, 5.41) is 38.9. The standard InChI is InChI=1S/C20H18N4O2/c21-11-18(12-22)16(14-7-3-1-4-8-14)25-20-10-6-2-5-9-15(20)19(18,13-23)17(24)26-20/h1,3-4,7-8,15-16,24H,2,5-6,9-10H2/t15-,16-,19-,20-/m1/s1. The van der Waals surface area contributed by atoms with Crippen LogP contribution < -0.4 is 0 Å². The van der Waals surface area contributed by atoms with E-state index in [1.165, 1.54) is 0 Å². The van der Waals surface area contributed by atoms with E-state index in [0.717, 1.165) is 19.3 Å². The maximum atomic E-state index is 10.2. The predicted octanol–water partition coefficient (Wildman–Crippen LogP) is 3.59. The van der Waals surface area contributed by atoms with Crippen molar-refractivity contribution in [1.82, 2.24) is 0 Å². The zero-order chi connectivity index (χ0) is 18.4. The Morgan fingerprint density at radius 2 is 1.73 bits per heavy atom. The van der Waals surface area contributed by atoms with E-state index in [2.05, 4.69) is 18.2 Å². The number of nitrogens with one attached hydrogen (secondary N) is 1. The first-order valence-corrected chi connectivity index (χ1v) is 8.85. The first-order valence-electron chi connectivity index (χ1n) is 8.85. The van der Waals surface area contributed by atoms with Gasteiger partial charge in [-0.25, -0.2) is 0 Å². The SMILES string of the molecule is N#CC1(C#N)[C@@H](c2ccccc2)O[C@@]23CCCCC[C@@H]2[C@]1(C#N)C(=N)O3. The van der Waals surface area contributed by atoms with E-state index >= 15 is 0 Å². The van der Waals surface area contributed by atoms with Crippen LogP contribution in [0.2, 0.25) is 0 Å². The molecule has 26 heavy (non-hydrogen) atoms. The fourth-order valence-corrected chi connectivity index (χ4v) is 4.97. The summed E-state index contributed by atoms with van der Waals surface area (Å²) in [7, 11) is 0. The number of rotatable bonds is 1. The van der Waals surface area contributed by atoms with Gasteiger partial charge in [0.05, 0.1) is 24.1 Å². The third-order valence-corrected chi connectivity index (χ3v) is 6.17. The van der Waals surface area contributed by atoms with E-state index in [1.54, 1.807) is 12.1 Å². The summed E-state index contributed by atoms with van der Waals surface area (Å²) < 4.78 is 12.3. The Kier molecular flexibility index (Phi) is 3.55. The molecule has 0 unspecified atom stereocenters. The van der Waals surface area contributed by atoms with E-state index in [4.69, 9.17) is 14.9 Å². The first kappa shape index (κ1) is 16.6. The largest absolute Gasteiger partial charge is 0.447 e. The Morgan fingerprint density at radius 3 is 2.38 bits per heavy atom. The molecule has 1 N–H and O–H groups in total. The van der Waals surface area contributed by atoms with Gasteiger partial charge in [-0.1, -0.05) is 43.2 Å². The van der Waals surface area contributed by atoms with E-state index in [-0.39, 0.29) is 5.90 Å². The molecule has 0 aromatic heterocycles. The molecule has 1 aromatic carbocycles. The molecule has 2 bridgehead atoms. The molecule has 2 heterocycles. The molecule has 2 saturated heterocycles. The average Bonchev–Trinajstić information content (AvgIpc) is 2.81. The molecule has 3 aliphatic rings. The van der Waals surface area contributed by atoms with Gasteiger partial charge in [-0.2, -0.15) is 15.8 Å². The van der Waals surface area contributed by atoms with Crippen LogP contribution in [-0.2, 0) is 9.47 Å². The van der Waals surface area contributed by atoms with Gasteiger partial charge in [0, 0.05) is 6.42 Å². The Morgan fingerprint density at radius 1 is 1.00 bits per heavy atom. The minimum atomic E-state index is -1.84. The van der Waals surface area contributed by atoms with Crippen LogP contribution in [-0.4, -0.2) is 11.7 Å². The van der Waals surface area contributed by atoms with Gasteiger partial charge in [-0.3, -0.25) is 5.41 Å². The Balaban J connectivity index is 2.01. The number of hydrogen-bond acceptors (Lipinski definition) is 6. The highest BCUT2D eigenvalue weighted by Crippen LogP contribution is 2.68. The van der Waals surface area contributed by atoms with Crippen molar-refractivity contribution in [1.29, 1.82) is 21.2 Å². The molecule has 1 saturated carbocycles. The molecule has 4 rings (SSSR count). The summed E-state index contributed by atoms with van der Waals surface area (Å²) in [6, 6.07) is 15.4. The lowest BCUT2D eigenvalue weighted by Crippen LogP contribution is -2.59. The highest BCUT2D eigenvalue weighted by Gasteiger charge is 2.80. The van der Waals surface area contributed by atoms with Gasteiger partial charge in [-0.05, 0) is 18.4 Å². The molecule has 0 radical (unpaired) electrons. The molecule has 0 amide bonds. The smallest absolute Gasteiger partial charge is 0.217 e. The molecule has 1 aliphatic carbocycles. The quantitative estimate of drug-likeness (QED) is 0.834. The van der Waals surface area contributed by atoms with Crippen LogP contribution in [0, 0.1) is 56.2 Å². The van der Waals surface area contributed by atoms with Gasteiger partial charge in [0.1, 0.15) is 6.10 Å². The van der Waals surface area contributed by atoms with Crippen LogP contribution >= 0.6 is 0 Å². The van der Waals surface area contributed by atoms with Crippen molar-refractivity contribution in [3.05, 3.63) is 35.9 Å². The minimum Gasteiger partial charge on any atom is -0.447 e. The number of ether oxygens (including phenoxy) is 2. The third kappa shape index (κ3) is 1.74. The summed E-state index contributed by atoms with van der Waals surface area (Å²) in [5.74, 6) is -1.90. The summed E-state index contributed by atoms with van der Waals surface area (Å²) >= 11 is 0. The monoisotopic (exact) mass is 346 g/mol. The van der Waals surface area contributed by atoms with Gasteiger partial charge in [-0.15, -0.1) is 0 Å². The van der Waals surface area contributed by atoms with Gasteiger partial charge < -0.3 is 9.47 Å². The molecule has 1 aromatic rings.